The van der Waals surface area contributed by atoms with Crippen LogP contribution in [0.25, 0.3) is 0 Å². The van der Waals surface area contributed by atoms with Gasteiger partial charge in [-0.1, -0.05) is 0 Å². The number of hydrogen-bond donors (Lipinski definition) is 2. The van der Waals surface area contributed by atoms with Crippen LogP contribution in [0.5, 0.6) is 5.75 Å². The number of carbonyl (C=O) groups excluding carboxylic acids is 3. The highest BCUT2D eigenvalue weighted by atomic mass is 16.5. The fourth-order valence-electron chi connectivity index (χ4n) is 3.42. The molecule has 28 heavy (non-hydrogen) atoms. The van der Waals surface area contributed by atoms with Crippen LogP contribution >= 0.6 is 0 Å². The van der Waals surface area contributed by atoms with Crippen LogP contribution in [0, 0.1) is 0 Å². The minimum atomic E-state index is -0.458. The van der Waals surface area contributed by atoms with E-state index in [1.165, 1.54) is 0 Å². The zero-order valence-electron chi connectivity index (χ0n) is 16.1. The minimum Gasteiger partial charge on any atom is -0.490 e. The van der Waals surface area contributed by atoms with Crippen molar-refractivity contribution in [1.82, 2.24) is 15.5 Å². The number of likely N-dealkylation sites (tertiary alicyclic amines) is 1. The number of ether oxygens (including phenoxy) is 2. The van der Waals surface area contributed by atoms with E-state index in [2.05, 4.69) is 10.6 Å². The molecule has 0 bridgehead atoms. The van der Waals surface area contributed by atoms with E-state index in [1.54, 1.807) is 31.4 Å². The lowest BCUT2D eigenvalue weighted by Crippen LogP contribution is -2.42. The smallest absolute Gasteiger partial charge is 0.251 e. The van der Waals surface area contributed by atoms with E-state index in [9.17, 15) is 14.4 Å². The molecule has 2 aliphatic rings. The van der Waals surface area contributed by atoms with Gasteiger partial charge in [-0.3, -0.25) is 14.4 Å². The lowest BCUT2D eigenvalue weighted by atomic mass is 10.1. The fourth-order valence-corrected chi connectivity index (χ4v) is 3.42. The third-order valence-electron chi connectivity index (χ3n) is 5.09. The van der Waals surface area contributed by atoms with Crippen LogP contribution in [0.15, 0.2) is 24.3 Å². The molecule has 0 spiro atoms. The van der Waals surface area contributed by atoms with Crippen molar-refractivity contribution in [2.24, 2.45) is 0 Å². The van der Waals surface area contributed by atoms with E-state index in [0.717, 1.165) is 12.8 Å². The Morgan fingerprint density at radius 1 is 1.18 bits per heavy atom. The molecule has 8 heteroatoms. The number of piperidine rings is 1. The number of benzene rings is 1. The van der Waals surface area contributed by atoms with Crippen LogP contribution < -0.4 is 15.4 Å². The Kier molecular flexibility index (Phi) is 6.86. The fraction of sp³-hybridized carbons (Fsp3) is 0.550. The first-order chi connectivity index (χ1) is 13.6. The van der Waals surface area contributed by atoms with Gasteiger partial charge in [-0.15, -0.1) is 0 Å². The molecule has 0 unspecified atom stereocenters. The number of nitrogens with zero attached hydrogens (tertiary/aromatic N) is 1. The predicted octanol–water partition coefficient (Wildman–Crippen LogP) is 0.711. The second-order valence-electron chi connectivity index (χ2n) is 7.07. The first-order valence-corrected chi connectivity index (χ1v) is 9.69. The van der Waals surface area contributed by atoms with E-state index >= 15 is 0 Å². The van der Waals surface area contributed by atoms with E-state index in [0.29, 0.717) is 50.4 Å². The highest BCUT2D eigenvalue weighted by molar-refractivity contribution is 5.98. The average molecular weight is 389 g/mol. The van der Waals surface area contributed by atoms with Crippen molar-refractivity contribution >= 4 is 17.7 Å². The maximum atomic E-state index is 12.2. The highest BCUT2D eigenvalue weighted by Crippen LogP contribution is 2.20. The molecule has 0 saturated carbocycles. The average Bonchev–Trinajstić information content (AvgIpc) is 3.11. The number of methoxy groups -OCH3 is 1. The summed E-state index contributed by atoms with van der Waals surface area (Å²) in [7, 11) is 1.59. The topological polar surface area (TPSA) is 97.0 Å². The largest absolute Gasteiger partial charge is 0.490 e. The molecule has 152 valence electrons. The van der Waals surface area contributed by atoms with Gasteiger partial charge < -0.3 is 25.0 Å². The van der Waals surface area contributed by atoms with Crippen molar-refractivity contribution < 1.29 is 23.9 Å². The minimum absolute atomic E-state index is 0.0494. The predicted molar refractivity (Wildman–Crippen MR) is 102 cm³/mol. The summed E-state index contributed by atoms with van der Waals surface area (Å²) in [5, 5.41) is 5.43. The summed E-state index contributed by atoms with van der Waals surface area (Å²) in [6, 6.07) is 6.46. The molecule has 2 heterocycles. The third kappa shape index (κ3) is 5.22. The molecule has 1 aromatic rings. The number of amides is 3. The molecule has 3 rings (SSSR count). The monoisotopic (exact) mass is 389 g/mol. The summed E-state index contributed by atoms with van der Waals surface area (Å²) in [6.45, 7) is 2.39. The lowest BCUT2D eigenvalue weighted by molar-refractivity contribution is -0.133. The Labute approximate surface area is 164 Å². The van der Waals surface area contributed by atoms with Gasteiger partial charge in [0.15, 0.2) is 0 Å². The van der Waals surface area contributed by atoms with Crippen LogP contribution in [-0.2, 0) is 14.3 Å². The van der Waals surface area contributed by atoms with Crippen LogP contribution in [-0.4, -0.2) is 68.1 Å². The van der Waals surface area contributed by atoms with Crippen LogP contribution in [0.4, 0.5) is 0 Å². The molecule has 2 fully saturated rings. The van der Waals surface area contributed by atoms with E-state index < -0.39 is 6.04 Å². The molecule has 2 saturated heterocycles. The normalized spacial score (nSPS) is 20.0. The van der Waals surface area contributed by atoms with Crippen molar-refractivity contribution in [1.29, 1.82) is 0 Å². The Balaban J connectivity index is 1.45. The van der Waals surface area contributed by atoms with Crippen LogP contribution in [0.3, 0.4) is 0 Å². The van der Waals surface area contributed by atoms with Gasteiger partial charge in [0.05, 0.1) is 13.0 Å². The number of hydrogen-bond acceptors (Lipinski definition) is 5. The van der Waals surface area contributed by atoms with Crippen molar-refractivity contribution in [2.45, 2.75) is 37.8 Å². The molecule has 2 N–H and O–H groups in total. The van der Waals surface area contributed by atoms with E-state index in [-0.39, 0.29) is 23.8 Å². The molecular formula is C20H27N3O5. The highest BCUT2D eigenvalue weighted by Gasteiger charge is 2.26. The van der Waals surface area contributed by atoms with Gasteiger partial charge >= 0.3 is 0 Å². The SMILES string of the molecule is COCCC(=O)N1CCC(Oc2ccc(C(=O)N[C@H]3CCNC3=O)cc2)CC1. The summed E-state index contributed by atoms with van der Waals surface area (Å²) in [5.41, 5.74) is 0.491. The molecule has 1 atom stereocenters. The molecule has 0 aromatic heterocycles. The summed E-state index contributed by atoms with van der Waals surface area (Å²) in [6.07, 6.45) is 2.62. The molecular weight excluding hydrogens is 362 g/mol. The quantitative estimate of drug-likeness (QED) is 0.716. The van der Waals surface area contributed by atoms with E-state index in [1.807, 2.05) is 4.90 Å². The molecule has 0 aliphatic carbocycles. The number of carbonyl (C=O) groups is 3. The zero-order valence-corrected chi connectivity index (χ0v) is 16.1. The van der Waals surface area contributed by atoms with Gasteiger partial charge in [-0.05, 0) is 30.7 Å². The number of nitrogens with one attached hydrogen (secondary N) is 2. The standard InChI is InChI=1S/C20H27N3O5/c1-27-13-9-18(24)23-11-7-16(8-12-23)28-15-4-2-14(3-5-15)19(25)22-17-6-10-21-20(17)26/h2-5,16-17H,6-13H2,1H3,(H,21,26)(H,22,25)/t17-/m0/s1. The van der Waals surface area contributed by atoms with Gasteiger partial charge in [0.2, 0.25) is 11.8 Å². The van der Waals surface area contributed by atoms with Crippen LogP contribution in [0.2, 0.25) is 0 Å². The van der Waals surface area contributed by atoms with Crippen molar-refractivity contribution in [3.63, 3.8) is 0 Å². The Hall–Kier alpha value is -2.61. The van der Waals surface area contributed by atoms with Gasteiger partial charge in [-0.25, -0.2) is 0 Å². The first kappa shape index (κ1) is 20.1. The van der Waals surface area contributed by atoms with Gasteiger partial charge in [0.25, 0.3) is 5.91 Å². The maximum Gasteiger partial charge on any atom is 0.251 e. The van der Waals surface area contributed by atoms with Gasteiger partial charge in [0.1, 0.15) is 17.9 Å². The van der Waals surface area contributed by atoms with Crippen molar-refractivity contribution in [2.75, 3.05) is 33.4 Å². The third-order valence-corrected chi connectivity index (χ3v) is 5.09. The van der Waals surface area contributed by atoms with E-state index in [4.69, 9.17) is 9.47 Å². The lowest BCUT2D eigenvalue weighted by Gasteiger charge is -2.32. The Bertz CT molecular complexity index is 698. The van der Waals surface area contributed by atoms with Crippen molar-refractivity contribution in [3.8, 4) is 5.75 Å². The number of rotatable bonds is 7. The molecule has 0 radical (unpaired) electrons. The molecule has 1 aromatic carbocycles. The summed E-state index contributed by atoms with van der Waals surface area (Å²) in [5.74, 6) is 0.405. The second-order valence-corrected chi connectivity index (χ2v) is 7.07. The van der Waals surface area contributed by atoms with Crippen LogP contribution in [0.1, 0.15) is 36.0 Å². The summed E-state index contributed by atoms with van der Waals surface area (Å²) >= 11 is 0. The molecule has 8 nitrogen and oxygen atoms in total. The Morgan fingerprint density at radius 3 is 2.50 bits per heavy atom. The van der Waals surface area contributed by atoms with Gasteiger partial charge in [-0.2, -0.15) is 0 Å². The Morgan fingerprint density at radius 2 is 1.89 bits per heavy atom. The maximum absolute atomic E-state index is 12.2. The molecule has 3 amide bonds. The summed E-state index contributed by atoms with van der Waals surface area (Å²) < 4.78 is 10.9. The molecule has 2 aliphatic heterocycles. The van der Waals surface area contributed by atoms with Crippen molar-refractivity contribution in [3.05, 3.63) is 29.8 Å². The second kappa shape index (κ2) is 9.54. The zero-order chi connectivity index (χ0) is 19.9. The summed E-state index contributed by atoms with van der Waals surface area (Å²) in [4.78, 5) is 37.7. The van der Waals surface area contributed by atoms with Gasteiger partial charge in [0, 0.05) is 45.1 Å². The first-order valence-electron chi connectivity index (χ1n) is 9.69.